The lowest BCUT2D eigenvalue weighted by Crippen LogP contribution is -2.33. The molecule has 0 saturated carbocycles. The fourth-order valence-electron chi connectivity index (χ4n) is 1.32. The van der Waals surface area contributed by atoms with Crippen LogP contribution in [0.5, 0.6) is 0 Å². The van der Waals surface area contributed by atoms with Crippen LogP contribution in [0, 0.1) is 0 Å². The van der Waals surface area contributed by atoms with Crippen molar-refractivity contribution in [3.8, 4) is 0 Å². The lowest BCUT2D eigenvalue weighted by Gasteiger charge is -2.20. The van der Waals surface area contributed by atoms with E-state index in [4.69, 9.17) is 15.2 Å². The minimum absolute atomic E-state index is 0.716. The molecule has 4 nitrogen and oxygen atoms in total. The quantitative estimate of drug-likeness (QED) is 0.521. The van der Waals surface area contributed by atoms with Crippen LogP contribution in [0.25, 0.3) is 0 Å². The summed E-state index contributed by atoms with van der Waals surface area (Å²) in [4.78, 5) is 2.33. The van der Waals surface area contributed by atoms with E-state index in [2.05, 4.69) is 4.90 Å². The third-order valence-electron chi connectivity index (χ3n) is 2.13. The summed E-state index contributed by atoms with van der Waals surface area (Å²) in [5.74, 6) is 0. The number of nitrogens with zero attached hydrogens (tertiary/aromatic N) is 1. The van der Waals surface area contributed by atoms with E-state index in [0.717, 1.165) is 45.7 Å². The van der Waals surface area contributed by atoms with Crippen LogP contribution in [0.15, 0.2) is 0 Å². The van der Waals surface area contributed by atoms with E-state index in [1.54, 1.807) is 14.2 Å². The molecule has 0 fully saturated rings. The van der Waals surface area contributed by atoms with Gasteiger partial charge in [-0.15, -0.1) is 0 Å². The average Bonchev–Trinajstić information content (AvgIpc) is 2.20. The Bertz CT molecular complexity index is 112. The Hall–Kier alpha value is -0.160. The predicted molar refractivity (Wildman–Crippen MR) is 58.5 cm³/mol. The number of rotatable bonds is 10. The Morgan fingerprint density at radius 3 is 2.21 bits per heavy atom. The zero-order valence-corrected chi connectivity index (χ0v) is 9.50. The summed E-state index contributed by atoms with van der Waals surface area (Å²) < 4.78 is 10.0. The van der Waals surface area contributed by atoms with Gasteiger partial charge in [-0.2, -0.15) is 0 Å². The second kappa shape index (κ2) is 10.9. The molecule has 0 heterocycles. The maximum atomic E-state index is 5.52. The van der Waals surface area contributed by atoms with Crippen molar-refractivity contribution < 1.29 is 9.47 Å². The maximum Gasteiger partial charge on any atom is 0.0589 e. The third kappa shape index (κ3) is 8.44. The lowest BCUT2D eigenvalue weighted by atomic mass is 10.3. The van der Waals surface area contributed by atoms with E-state index >= 15 is 0 Å². The summed E-state index contributed by atoms with van der Waals surface area (Å²) in [6.45, 7) is 5.36. The van der Waals surface area contributed by atoms with Gasteiger partial charge >= 0.3 is 0 Å². The molecule has 0 bridgehead atoms. The number of ether oxygens (including phenoxy) is 2. The standard InChI is InChI=1S/C10H24N2O2/c1-13-9-4-3-6-12(7-5-11)8-10-14-2/h3-11H2,1-2H3. The molecule has 0 spiro atoms. The molecule has 0 aromatic carbocycles. The predicted octanol–water partition coefficient (Wildman–Crippen LogP) is 0.320. The van der Waals surface area contributed by atoms with Crippen molar-refractivity contribution in [2.24, 2.45) is 5.73 Å². The Morgan fingerprint density at radius 2 is 1.64 bits per heavy atom. The summed E-state index contributed by atoms with van der Waals surface area (Å²) in [7, 11) is 3.47. The van der Waals surface area contributed by atoms with Gasteiger partial charge in [-0.3, -0.25) is 4.90 Å². The van der Waals surface area contributed by atoms with Crippen molar-refractivity contribution in [3.63, 3.8) is 0 Å². The number of nitrogens with two attached hydrogens (primary N) is 1. The van der Waals surface area contributed by atoms with Gasteiger partial charge in [-0.05, 0) is 19.4 Å². The van der Waals surface area contributed by atoms with Gasteiger partial charge in [-0.1, -0.05) is 0 Å². The number of methoxy groups -OCH3 is 2. The van der Waals surface area contributed by atoms with E-state index in [1.165, 1.54) is 0 Å². The van der Waals surface area contributed by atoms with Gasteiger partial charge < -0.3 is 15.2 Å². The molecular weight excluding hydrogens is 180 g/mol. The fraction of sp³-hybridized carbons (Fsp3) is 1.00. The van der Waals surface area contributed by atoms with Crippen LogP contribution in [-0.4, -0.2) is 58.5 Å². The van der Waals surface area contributed by atoms with E-state index < -0.39 is 0 Å². The molecule has 0 aromatic rings. The first-order chi connectivity index (χ1) is 6.85. The minimum atomic E-state index is 0.716. The van der Waals surface area contributed by atoms with Crippen molar-refractivity contribution in [3.05, 3.63) is 0 Å². The normalized spacial score (nSPS) is 11.1. The molecule has 0 saturated heterocycles. The second-order valence-electron chi connectivity index (χ2n) is 3.32. The Morgan fingerprint density at radius 1 is 0.929 bits per heavy atom. The summed E-state index contributed by atoms with van der Waals surface area (Å²) in [6.07, 6.45) is 2.28. The minimum Gasteiger partial charge on any atom is -0.385 e. The molecule has 4 heteroatoms. The molecule has 0 radical (unpaired) electrons. The van der Waals surface area contributed by atoms with E-state index in [9.17, 15) is 0 Å². The molecule has 0 rings (SSSR count). The van der Waals surface area contributed by atoms with Gasteiger partial charge in [0.1, 0.15) is 0 Å². The molecule has 14 heavy (non-hydrogen) atoms. The van der Waals surface area contributed by atoms with Gasteiger partial charge in [0.2, 0.25) is 0 Å². The van der Waals surface area contributed by atoms with Gasteiger partial charge in [-0.25, -0.2) is 0 Å². The van der Waals surface area contributed by atoms with Gasteiger partial charge in [0.05, 0.1) is 6.61 Å². The first-order valence-corrected chi connectivity index (χ1v) is 5.25. The molecule has 0 aliphatic heterocycles. The molecule has 0 amide bonds. The Kier molecular flexibility index (Phi) is 10.8. The van der Waals surface area contributed by atoms with Crippen LogP contribution in [0.1, 0.15) is 12.8 Å². The molecule has 0 aliphatic carbocycles. The highest BCUT2D eigenvalue weighted by atomic mass is 16.5. The SMILES string of the molecule is COCCCCN(CCN)CCOC. The zero-order valence-electron chi connectivity index (χ0n) is 9.50. The molecule has 0 aromatic heterocycles. The lowest BCUT2D eigenvalue weighted by molar-refractivity contribution is 0.143. The van der Waals surface area contributed by atoms with Crippen LogP contribution in [0.3, 0.4) is 0 Å². The zero-order chi connectivity index (χ0) is 10.6. The van der Waals surface area contributed by atoms with Crippen LogP contribution >= 0.6 is 0 Å². The van der Waals surface area contributed by atoms with Crippen LogP contribution in [-0.2, 0) is 9.47 Å². The maximum absolute atomic E-state index is 5.52. The van der Waals surface area contributed by atoms with E-state index in [-0.39, 0.29) is 0 Å². The summed E-state index contributed by atoms with van der Waals surface area (Å²) in [6, 6.07) is 0. The van der Waals surface area contributed by atoms with E-state index in [1.807, 2.05) is 0 Å². The number of unbranched alkanes of at least 4 members (excludes halogenated alkanes) is 1. The van der Waals surface area contributed by atoms with Crippen molar-refractivity contribution >= 4 is 0 Å². The van der Waals surface area contributed by atoms with Crippen molar-refractivity contribution in [2.45, 2.75) is 12.8 Å². The Labute approximate surface area is 87.4 Å². The highest BCUT2D eigenvalue weighted by molar-refractivity contribution is 4.58. The molecule has 0 atom stereocenters. The highest BCUT2D eigenvalue weighted by Crippen LogP contribution is 1.95. The van der Waals surface area contributed by atoms with Crippen LogP contribution < -0.4 is 5.73 Å². The van der Waals surface area contributed by atoms with Gasteiger partial charge in [0, 0.05) is 40.5 Å². The average molecular weight is 204 g/mol. The number of hydrogen-bond donors (Lipinski definition) is 1. The molecule has 2 N–H and O–H groups in total. The first kappa shape index (κ1) is 13.8. The third-order valence-corrected chi connectivity index (χ3v) is 2.13. The largest absolute Gasteiger partial charge is 0.385 e. The van der Waals surface area contributed by atoms with Crippen molar-refractivity contribution in [2.75, 3.05) is 53.6 Å². The first-order valence-electron chi connectivity index (χ1n) is 5.25. The molecule has 86 valence electrons. The van der Waals surface area contributed by atoms with E-state index in [0.29, 0.717) is 6.54 Å². The number of hydrogen-bond acceptors (Lipinski definition) is 4. The van der Waals surface area contributed by atoms with Crippen LogP contribution in [0.4, 0.5) is 0 Å². The monoisotopic (exact) mass is 204 g/mol. The summed E-state index contributed by atoms with van der Waals surface area (Å²) in [5, 5.41) is 0. The smallest absolute Gasteiger partial charge is 0.0589 e. The topological polar surface area (TPSA) is 47.7 Å². The highest BCUT2D eigenvalue weighted by Gasteiger charge is 2.02. The van der Waals surface area contributed by atoms with Crippen molar-refractivity contribution in [1.29, 1.82) is 0 Å². The second-order valence-corrected chi connectivity index (χ2v) is 3.32. The Balaban J connectivity index is 3.40. The van der Waals surface area contributed by atoms with Crippen LogP contribution in [0.2, 0.25) is 0 Å². The molecular formula is C10H24N2O2. The summed E-state index contributed by atoms with van der Waals surface area (Å²) >= 11 is 0. The fourth-order valence-corrected chi connectivity index (χ4v) is 1.32. The van der Waals surface area contributed by atoms with Crippen molar-refractivity contribution in [1.82, 2.24) is 4.90 Å². The molecule has 0 unspecified atom stereocenters. The summed E-state index contributed by atoms with van der Waals surface area (Å²) in [5.41, 5.74) is 5.52. The van der Waals surface area contributed by atoms with Gasteiger partial charge in [0.15, 0.2) is 0 Å². The molecule has 0 aliphatic rings. The van der Waals surface area contributed by atoms with Gasteiger partial charge in [0.25, 0.3) is 0 Å².